The number of hydrogen-bond acceptors (Lipinski definition) is 4. The molecule has 10 aromatic carbocycles. The van der Waals surface area contributed by atoms with E-state index >= 15 is 0 Å². The smallest absolute Gasteiger partial charge is 0.333 e. The Morgan fingerprint density at radius 2 is 1.00 bits per heavy atom. The third-order valence-electron chi connectivity index (χ3n) is 15.5. The second kappa shape index (κ2) is 17.3. The minimum Gasteiger partial charge on any atom is -0.456 e. The lowest BCUT2D eigenvalue weighted by atomic mass is 9.43. The van der Waals surface area contributed by atoms with Gasteiger partial charge in [0, 0.05) is 50.8 Å². The van der Waals surface area contributed by atoms with Gasteiger partial charge in [-0.15, -0.1) is 0 Å². The van der Waals surface area contributed by atoms with E-state index in [1.807, 2.05) is 0 Å². The van der Waals surface area contributed by atoms with Crippen LogP contribution in [0.4, 0.5) is 45.5 Å². The van der Waals surface area contributed by atoms with Crippen LogP contribution in [0.2, 0.25) is 0 Å². The largest absolute Gasteiger partial charge is 0.456 e. The lowest BCUT2D eigenvalue weighted by molar-refractivity contribution is 0.590. The van der Waals surface area contributed by atoms with E-state index in [1.54, 1.807) is 0 Å². The zero-order chi connectivity index (χ0) is 50.5. The molecule has 0 atom stereocenters. The minimum atomic E-state index is -0.248. The second-order valence-corrected chi connectivity index (χ2v) is 22.2. The van der Waals surface area contributed by atoms with Crippen LogP contribution in [-0.4, -0.2) is 6.85 Å². The zero-order valence-electron chi connectivity index (χ0n) is 43.2. The molecule has 13 rings (SSSR count). The van der Waals surface area contributed by atoms with Crippen molar-refractivity contribution in [2.24, 2.45) is 0 Å². The van der Waals surface area contributed by atoms with Crippen molar-refractivity contribution in [2.45, 2.75) is 59.3 Å². The van der Waals surface area contributed by atoms with Gasteiger partial charge in [-0.1, -0.05) is 181 Å². The van der Waals surface area contributed by atoms with Crippen LogP contribution >= 0.6 is 0 Å². The highest BCUT2D eigenvalue weighted by Crippen LogP contribution is 2.52. The third-order valence-corrected chi connectivity index (χ3v) is 15.5. The summed E-state index contributed by atoms with van der Waals surface area (Å²) >= 11 is 0. The summed E-state index contributed by atoms with van der Waals surface area (Å²) in [7, 11) is 0. The third kappa shape index (κ3) is 7.52. The van der Waals surface area contributed by atoms with Gasteiger partial charge in [0.2, 0.25) is 0 Å². The molecule has 11 aromatic rings. The average Bonchev–Trinajstić information content (AvgIpc) is 3.80. The molecule has 0 amide bonds. The van der Waals surface area contributed by atoms with Gasteiger partial charge in [-0.2, -0.15) is 0 Å². The van der Waals surface area contributed by atoms with Gasteiger partial charge in [-0.25, -0.2) is 0 Å². The molecule has 0 N–H and O–H groups in total. The number of rotatable bonds is 7. The van der Waals surface area contributed by atoms with E-state index in [0.717, 1.165) is 67.4 Å². The van der Waals surface area contributed by atoms with Crippen LogP contribution in [0.3, 0.4) is 0 Å². The number of aryl methyl sites for hydroxylation is 1. The van der Waals surface area contributed by atoms with E-state index in [0.29, 0.717) is 0 Å². The SMILES string of the molecule is Cc1cc(-c2ccccc2)ccc1N1c2ccc(N(c3ccc(C(C)(C)C)cc3)c3ccc(C(C)(C)C)cc3)cc2B2c3c(cc4oc5ccccc5c4c31)-c1ccccc1N2c1cccc(-c2ccccc2)c1. The van der Waals surface area contributed by atoms with Crippen molar-refractivity contribution in [1.29, 1.82) is 0 Å². The molecule has 5 heteroatoms. The normalized spacial score (nSPS) is 13.0. The van der Waals surface area contributed by atoms with Gasteiger partial charge in [0.15, 0.2) is 0 Å². The summed E-state index contributed by atoms with van der Waals surface area (Å²) < 4.78 is 6.95. The maximum Gasteiger partial charge on any atom is 0.333 e. The number of hydrogen-bond donors (Lipinski definition) is 0. The quantitative estimate of drug-likeness (QED) is 0.149. The van der Waals surface area contributed by atoms with Crippen LogP contribution in [0.5, 0.6) is 0 Å². The summed E-state index contributed by atoms with van der Waals surface area (Å²) in [4.78, 5) is 7.63. The molecule has 3 heterocycles. The Bertz CT molecular complexity index is 3880. The first-order valence-electron chi connectivity index (χ1n) is 26.0. The molecule has 0 fully saturated rings. The van der Waals surface area contributed by atoms with Crippen LogP contribution in [0, 0.1) is 6.92 Å². The molecule has 0 saturated heterocycles. The van der Waals surface area contributed by atoms with E-state index in [1.165, 1.54) is 61.0 Å². The van der Waals surface area contributed by atoms with E-state index < -0.39 is 0 Å². The van der Waals surface area contributed by atoms with E-state index in [4.69, 9.17) is 4.42 Å². The van der Waals surface area contributed by atoms with Crippen molar-refractivity contribution in [3.8, 4) is 33.4 Å². The molecule has 358 valence electrons. The lowest BCUT2D eigenvalue weighted by Crippen LogP contribution is -2.61. The fourth-order valence-electron chi connectivity index (χ4n) is 11.7. The summed E-state index contributed by atoms with van der Waals surface area (Å²) in [5, 5.41) is 2.21. The van der Waals surface area contributed by atoms with Gasteiger partial charge in [-0.05, 0) is 158 Å². The van der Waals surface area contributed by atoms with Crippen molar-refractivity contribution in [2.75, 3.05) is 14.6 Å². The number of anilines is 8. The number of benzene rings is 10. The molecule has 2 aliphatic rings. The molecule has 4 nitrogen and oxygen atoms in total. The van der Waals surface area contributed by atoms with E-state index in [-0.39, 0.29) is 17.7 Å². The van der Waals surface area contributed by atoms with Crippen LogP contribution in [0.1, 0.15) is 58.2 Å². The minimum absolute atomic E-state index is 0.0137. The number of furan rings is 1. The zero-order valence-corrected chi connectivity index (χ0v) is 43.2. The fourth-order valence-corrected chi connectivity index (χ4v) is 11.7. The number of fused-ring (bicyclic) bond motifs is 8. The van der Waals surface area contributed by atoms with Crippen LogP contribution in [0.25, 0.3) is 55.3 Å². The molecule has 0 radical (unpaired) electrons. The fraction of sp³-hybridized carbons (Fsp3) is 0.130. The summed E-state index contributed by atoms with van der Waals surface area (Å²) in [6.45, 7) is 15.7. The maximum atomic E-state index is 6.95. The van der Waals surface area contributed by atoms with Crippen molar-refractivity contribution < 1.29 is 4.42 Å². The van der Waals surface area contributed by atoms with Crippen molar-refractivity contribution in [3.05, 3.63) is 241 Å². The van der Waals surface area contributed by atoms with Crippen LogP contribution in [-0.2, 0) is 10.8 Å². The summed E-state index contributed by atoms with van der Waals surface area (Å²) in [6, 6.07) is 83.1. The molecule has 0 aliphatic carbocycles. The highest BCUT2D eigenvalue weighted by Gasteiger charge is 2.47. The van der Waals surface area contributed by atoms with Gasteiger partial charge in [0.1, 0.15) is 11.2 Å². The number of para-hydroxylation sites is 2. The Labute approximate surface area is 435 Å². The van der Waals surface area contributed by atoms with E-state index in [9.17, 15) is 0 Å². The monoisotopic (exact) mass is 955 g/mol. The molecule has 0 bridgehead atoms. The Morgan fingerprint density at radius 3 is 1.65 bits per heavy atom. The Hall–Kier alpha value is -8.54. The number of nitrogens with zero attached hydrogens (tertiary/aromatic N) is 3. The molecule has 1 aromatic heterocycles. The van der Waals surface area contributed by atoms with Gasteiger partial charge in [0.05, 0.1) is 11.1 Å². The van der Waals surface area contributed by atoms with Gasteiger partial charge >= 0.3 is 6.85 Å². The average molecular weight is 956 g/mol. The lowest BCUT2D eigenvalue weighted by Gasteiger charge is -2.46. The predicted molar refractivity (Wildman–Crippen MR) is 315 cm³/mol. The Balaban J connectivity index is 1.13. The summed E-state index contributed by atoms with van der Waals surface area (Å²) in [6.07, 6.45) is 0. The second-order valence-electron chi connectivity index (χ2n) is 22.2. The molecular weight excluding hydrogens is 898 g/mol. The molecule has 2 aliphatic heterocycles. The standard InChI is InChI=1S/C69H58BN3O/c1-45-41-49(47-21-12-9-13-22-47)29-39-60(45)72-62-40-38-54(71(52-34-30-50(31-35-52)68(2,3)4)53-36-32-51(33-37-53)69(5,6)7)43-59(62)70-66-58(44-64-65(67(66)72)57-26-15-17-28-63(57)74-64)56-25-14-16-27-61(56)73(70)55-24-18-23-48(42-55)46-19-10-8-11-20-46/h8-44H,1-7H3. The van der Waals surface area contributed by atoms with Crippen molar-refractivity contribution in [3.63, 3.8) is 0 Å². The first kappa shape index (κ1) is 45.3. The van der Waals surface area contributed by atoms with E-state index in [2.05, 4.69) is 288 Å². The highest BCUT2D eigenvalue weighted by atomic mass is 16.3. The maximum absolute atomic E-state index is 6.95. The summed E-state index contributed by atoms with van der Waals surface area (Å²) in [5.74, 6) is 0. The molecule has 74 heavy (non-hydrogen) atoms. The topological polar surface area (TPSA) is 22.9 Å². The van der Waals surface area contributed by atoms with Crippen molar-refractivity contribution >= 4 is 85.2 Å². The van der Waals surface area contributed by atoms with Crippen LogP contribution < -0.4 is 25.5 Å². The molecular formula is C69H58BN3O. The van der Waals surface area contributed by atoms with Crippen molar-refractivity contribution in [1.82, 2.24) is 0 Å². The first-order valence-corrected chi connectivity index (χ1v) is 26.0. The predicted octanol–water partition coefficient (Wildman–Crippen LogP) is 18.0. The first-order chi connectivity index (χ1) is 35.9. The van der Waals surface area contributed by atoms with Gasteiger partial charge < -0.3 is 19.0 Å². The Kier molecular flexibility index (Phi) is 10.6. The molecule has 0 spiro atoms. The van der Waals surface area contributed by atoms with Gasteiger partial charge in [-0.3, -0.25) is 0 Å². The Morgan fingerprint density at radius 1 is 0.432 bits per heavy atom. The highest BCUT2D eigenvalue weighted by molar-refractivity contribution is 6.94. The molecule has 0 saturated carbocycles. The molecule has 0 unspecified atom stereocenters. The summed E-state index contributed by atoms with van der Waals surface area (Å²) in [5.41, 5.74) is 24.1. The van der Waals surface area contributed by atoms with Gasteiger partial charge in [0.25, 0.3) is 0 Å². The van der Waals surface area contributed by atoms with Crippen LogP contribution in [0.15, 0.2) is 229 Å².